The van der Waals surface area contributed by atoms with Crippen LogP contribution in [-0.2, 0) is 48.1 Å². The molecule has 1 aromatic heterocycles. The Bertz CT molecular complexity index is 1730. The molecule has 0 saturated carbocycles. The maximum Gasteiger partial charge on any atom is 0.410 e. The van der Waals surface area contributed by atoms with E-state index in [0.29, 0.717) is 30.0 Å². The summed E-state index contributed by atoms with van der Waals surface area (Å²) in [6.45, 7) is 6.24. The first-order valence-electron chi connectivity index (χ1n) is 17.9. The molecule has 16 heteroatoms. The molecule has 4 amide bonds. The average Bonchev–Trinajstić information content (AvgIpc) is 3.87. The first kappa shape index (κ1) is 41.3. The summed E-state index contributed by atoms with van der Waals surface area (Å²) in [5.41, 5.74) is 2.62. The van der Waals surface area contributed by atoms with Crippen molar-refractivity contribution in [3.63, 3.8) is 0 Å². The van der Waals surface area contributed by atoms with Gasteiger partial charge in [0.05, 0.1) is 23.8 Å². The Labute approximate surface area is 314 Å². The number of amides is 4. The van der Waals surface area contributed by atoms with Gasteiger partial charge in [0, 0.05) is 33.3 Å². The lowest BCUT2D eigenvalue weighted by molar-refractivity contribution is -0.142. The number of carboxylic acid groups (broad SMARTS) is 1. The lowest BCUT2D eigenvalue weighted by Crippen LogP contribution is -2.56. The summed E-state index contributed by atoms with van der Waals surface area (Å²) in [5, 5.41) is 21.5. The first-order chi connectivity index (χ1) is 25.9. The van der Waals surface area contributed by atoms with Crippen molar-refractivity contribution in [2.75, 3.05) is 34.0 Å². The van der Waals surface area contributed by atoms with E-state index >= 15 is 0 Å². The predicted molar refractivity (Wildman–Crippen MR) is 198 cm³/mol. The van der Waals surface area contributed by atoms with Gasteiger partial charge in [0.1, 0.15) is 30.5 Å². The van der Waals surface area contributed by atoms with E-state index in [2.05, 4.69) is 26.3 Å². The number of aliphatic carboxylic acids is 1. The van der Waals surface area contributed by atoms with Crippen molar-refractivity contribution in [2.45, 2.75) is 77.2 Å². The van der Waals surface area contributed by atoms with Crippen molar-refractivity contribution in [3.05, 3.63) is 77.9 Å². The van der Waals surface area contributed by atoms with Gasteiger partial charge in [-0.15, -0.1) is 0 Å². The fourth-order valence-electron chi connectivity index (χ4n) is 5.84. The molecule has 2 aromatic carbocycles. The minimum atomic E-state index is -1.24. The number of carbonyl (C=O) groups excluding carboxylic acids is 4. The topological polar surface area (TPSA) is 202 Å². The van der Waals surface area contributed by atoms with E-state index in [1.165, 1.54) is 20.5 Å². The van der Waals surface area contributed by atoms with Gasteiger partial charge in [-0.2, -0.15) is 0 Å². The second-order valence-corrected chi connectivity index (χ2v) is 13.5. The highest BCUT2D eigenvalue weighted by Crippen LogP contribution is 2.26. The second-order valence-electron chi connectivity index (χ2n) is 13.5. The number of aromatic nitrogens is 2. The Morgan fingerprint density at radius 2 is 1.80 bits per heavy atom. The van der Waals surface area contributed by atoms with Gasteiger partial charge in [-0.1, -0.05) is 50.2 Å². The molecular formula is C38H51N7O9. The molecule has 4 rings (SSSR count). The van der Waals surface area contributed by atoms with E-state index in [-0.39, 0.29) is 50.1 Å². The molecule has 1 aliphatic heterocycles. The number of carbonyl (C=O) groups is 5. The molecular weight excluding hydrogens is 698 g/mol. The summed E-state index contributed by atoms with van der Waals surface area (Å²) in [6.07, 6.45) is 4.35. The highest BCUT2D eigenvalue weighted by atomic mass is 16.7. The monoisotopic (exact) mass is 749 g/mol. The van der Waals surface area contributed by atoms with Gasteiger partial charge in [-0.3, -0.25) is 19.3 Å². The summed E-state index contributed by atoms with van der Waals surface area (Å²) < 4.78 is 17.9. The smallest absolute Gasteiger partial charge is 0.410 e. The van der Waals surface area contributed by atoms with Gasteiger partial charge in [0.2, 0.25) is 17.7 Å². The summed E-state index contributed by atoms with van der Waals surface area (Å²) in [6, 6.07) is 11.4. The molecule has 1 fully saturated rings. The highest BCUT2D eigenvalue weighted by Gasteiger charge is 2.30. The van der Waals surface area contributed by atoms with Gasteiger partial charge in [0.25, 0.3) is 0 Å². The van der Waals surface area contributed by atoms with Gasteiger partial charge in [0.15, 0.2) is 6.79 Å². The predicted octanol–water partition coefficient (Wildman–Crippen LogP) is 2.18. The van der Waals surface area contributed by atoms with E-state index in [1.807, 2.05) is 44.2 Å². The molecule has 0 spiro atoms. The molecule has 3 aromatic rings. The number of imidazole rings is 1. The van der Waals surface area contributed by atoms with Crippen LogP contribution in [0.1, 0.15) is 50.4 Å². The van der Waals surface area contributed by atoms with Crippen LogP contribution in [0.15, 0.2) is 61.1 Å². The summed E-state index contributed by atoms with van der Waals surface area (Å²) >= 11 is 0. The molecule has 292 valence electrons. The van der Waals surface area contributed by atoms with Crippen molar-refractivity contribution in [1.82, 2.24) is 35.7 Å². The van der Waals surface area contributed by atoms with Crippen LogP contribution in [0.3, 0.4) is 0 Å². The third kappa shape index (κ3) is 11.8. The SMILES string of the molecule is COCOc1ccc(CCNC(=O)[C@@H](NC(=O)[C@H](C)NC(=O)[C@@H]2CCCN2)C(C)C)cc1-n1cnc(C[C@@H](C(=O)O)N(C)C(=O)OCc2ccccc2)c1. The van der Waals surface area contributed by atoms with E-state index in [4.69, 9.17) is 14.2 Å². The van der Waals surface area contributed by atoms with E-state index < -0.39 is 36.1 Å². The molecule has 54 heavy (non-hydrogen) atoms. The molecule has 2 heterocycles. The van der Waals surface area contributed by atoms with Crippen LogP contribution in [0.5, 0.6) is 5.75 Å². The van der Waals surface area contributed by atoms with E-state index in [9.17, 15) is 29.1 Å². The Balaban J connectivity index is 1.38. The third-order valence-corrected chi connectivity index (χ3v) is 9.01. The third-order valence-electron chi connectivity index (χ3n) is 9.01. The molecule has 0 bridgehead atoms. The van der Waals surface area contributed by atoms with Crippen LogP contribution in [-0.4, -0.2) is 108 Å². The quantitative estimate of drug-likeness (QED) is 0.113. The summed E-state index contributed by atoms with van der Waals surface area (Å²) in [7, 11) is 2.87. The number of ether oxygens (including phenoxy) is 3. The van der Waals surface area contributed by atoms with Gasteiger partial charge in [-0.05, 0) is 61.9 Å². The van der Waals surface area contributed by atoms with Gasteiger partial charge < -0.3 is 45.2 Å². The van der Waals surface area contributed by atoms with Crippen LogP contribution in [0.4, 0.5) is 4.79 Å². The van der Waals surface area contributed by atoms with Crippen molar-refractivity contribution >= 4 is 29.8 Å². The number of likely N-dealkylation sites (N-methyl/N-ethyl adjacent to an activating group) is 1. The minimum absolute atomic E-state index is 0.00283. The van der Waals surface area contributed by atoms with Crippen LogP contribution in [0.2, 0.25) is 0 Å². The Morgan fingerprint density at radius 3 is 2.46 bits per heavy atom. The van der Waals surface area contributed by atoms with Gasteiger partial charge in [-0.25, -0.2) is 14.6 Å². The molecule has 0 aliphatic carbocycles. The highest BCUT2D eigenvalue weighted by molar-refractivity contribution is 5.93. The Kier molecular flexibility index (Phi) is 15.4. The number of methoxy groups -OCH3 is 1. The van der Waals surface area contributed by atoms with Crippen molar-refractivity contribution in [1.29, 1.82) is 0 Å². The molecule has 0 unspecified atom stereocenters. The average molecular weight is 750 g/mol. The molecule has 4 atom stereocenters. The van der Waals surface area contributed by atoms with Crippen LogP contribution in [0, 0.1) is 5.92 Å². The fraction of sp³-hybridized carbons (Fsp3) is 0.474. The zero-order valence-corrected chi connectivity index (χ0v) is 31.4. The molecule has 16 nitrogen and oxygen atoms in total. The number of benzene rings is 2. The van der Waals surface area contributed by atoms with E-state index in [1.54, 1.807) is 35.9 Å². The molecule has 1 saturated heterocycles. The number of hydrogen-bond acceptors (Lipinski definition) is 10. The number of nitrogens with one attached hydrogen (secondary N) is 4. The number of rotatable bonds is 19. The van der Waals surface area contributed by atoms with Crippen LogP contribution in [0.25, 0.3) is 5.69 Å². The van der Waals surface area contributed by atoms with Crippen LogP contribution >= 0.6 is 0 Å². The summed E-state index contributed by atoms with van der Waals surface area (Å²) in [4.78, 5) is 69.0. The number of carboxylic acids is 1. The Hall–Kier alpha value is -5.48. The lowest BCUT2D eigenvalue weighted by atomic mass is 10.0. The minimum Gasteiger partial charge on any atom is -0.480 e. The summed E-state index contributed by atoms with van der Waals surface area (Å²) in [5.74, 6) is -1.99. The number of hydrogen-bond donors (Lipinski definition) is 5. The zero-order chi connectivity index (χ0) is 39.2. The maximum atomic E-state index is 13.2. The lowest BCUT2D eigenvalue weighted by Gasteiger charge is -2.24. The van der Waals surface area contributed by atoms with Gasteiger partial charge >= 0.3 is 12.1 Å². The fourth-order valence-corrected chi connectivity index (χ4v) is 5.84. The largest absolute Gasteiger partial charge is 0.480 e. The van der Waals surface area contributed by atoms with E-state index in [0.717, 1.165) is 29.0 Å². The first-order valence-corrected chi connectivity index (χ1v) is 17.9. The normalized spacial score (nSPS) is 15.5. The molecule has 1 aliphatic rings. The second kappa shape index (κ2) is 20.1. The number of nitrogens with zero attached hydrogens (tertiary/aromatic N) is 3. The maximum absolute atomic E-state index is 13.2. The van der Waals surface area contributed by atoms with Crippen LogP contribution < -0.4 is 26.0 Å². The molecule has 5 N–H and O–H groups in total. The van der Waals surface area contributed by atoms with Crippen molar-refractivity contribution in [2.24, 2.45) is 5.92 Å². The van der Waals surface area contributed by atoms with Crippen molar-refractivity contribution in [3.8, 4) is 11.4 Å². The molecule has 0 radical (unpaired) electrons. The van der Waals surface area contributed by atoms with Crippen molar-refractivity contribution < 1.29 is 43.3 Å². The Morgan fingerprint density at radius 1 is 1.04 bits per heavy atom. The standard InChI is InChI=1S/C38H51N7O9/c1-24(2)33(43-34(46)25(3)42-35(47)29-12-9-16-39-29)36(48)40-17-15-26-13-14-32(54-23-52-5)30(18-26)45-20-28(41-22-45)19-31(37(49)50)44(4)38(51)53-21-27-10-7-6-8-11-27/h6-8,10-11,13-14,18,20,22,24-25,29,31,33,39H,9,12,15-17,19,21,23H2,1-5H3,(H,40,48)(H,42,47)(H,43,46)(H,49,50)/t25-,29-,31-,33-/m0/s1. The zero-order valence-electron chi connectivity index (χ0n) is 31.4.